The van der Waals surface area contributed by atoms with Gasteiger partial charge in [-0.15, -0.1) is 0 Å². The minimum atomic E-state index is 0.106. The second-order valence-corrected chi connectivity index (χ2v) is 7.18. The summed E-state index contributed by atoms with van der Waals surface area (Å²) >= 11 is 1.44. The van der Waals surface area contributed by atoms with Crippen LogP contribution < -0.4 is 9.64 Å². The first-order valence-electron chi connectivity index (χ1n) is 8.72. The number of para-hydroxylation sites is 1. The van der Waals surface area contributed by atoms with E-state index in [0.717, 1.165) is 40.7 Å². The van der Waals surface area contributed by atoms with Crippen molar-refractivity contribution >= 4 is 23.4 Å². The molecule has 0 unspecified atom stereocenters. The fraction of sp³-hybridized carbons (Fsp3) is 0.190. The summed E-state index contributed by atoms with van der Waals surface area (Å²) in [6.45, 7) is 0.750. The van der Waals surface area contributed by atoms with E-state index in [1.807, 2.05) is 53.4 Å². The summed E-state index contributed by atoms with van der Waals surface area (Å²) in [6.07, 6.45) is 2.46. The van der Waals surface area contributed by atoms with Crippen LogP contribution in [0.15, 0.2) is 66.0 Å². The highest BCUT2D eigenvalue weighted by molar-refractivity contribution is 7.99. The molecule has 0 fully saturated rings. The zero-order valence-electron chi connectivity index (χ0n) is 15.0. The number of thioether (sulfide) groups is 1. The van der Waals surface area contributed by atoms with Crippen LogP contribution in [0.3, 0.4) is 0 Å². The summed E-state index contributed by atoms with van der Waals surface area (Å²) in [5.74, 6) is 1.27. The summed E-state index contributed by atoms with van der Waals surface area (Å²) in [7, 11) is 1.64. The maximum absolute atomic E-state index is 12.7. The van der Waals surface area contributed by atoms with Crippen LogP contribution in [0.4, 0.5) is 5.69 Å². The van der Waals surface area contributed by atoms with E-state index in [1.54, 1.807) is 7.11 Å². The van der Waals surface area contributed by atoms with Crippen molar-refractivity contribution in [1.29, 1.82) is 0 Å². The minimum absolute atomic E-state index is 0.106. The fourth-order valence-corrected chi connectivity index (χ4v) is 3.89. The second kappa shape index (κ2) is 7.80. The topological polar surface area (TPSA) is 55.3 Å². The highest BCUT2D eigenvalue weighted by atomic mass is 32.2. The Morgan fingerprint density at radius 2 is 1.96 bits per heavy atom. The molecule has 0 radical (unpaired) electrons. The average molecular weight is 377 g/mol. The van der Waals surface area contributed by atoms with Crippen LogP contribution in [-0.4, -0.2) is 35.3 Å². The zero-order valence-corrected chi connectivity index (χ0v) is 15.8. The standard InChI is InChI=1S/C21H19N3O2S/c1-26-17-8-6-15(7-9-17)18-12-20(23-14-22-18)27-13-21(25)24-11-10-16-4-2-3-5-19(16)24/h2-9,12,14H,10-11,13H2,1H3. The van der Waals surface area contributed by atoms with Gasteiger partial charge in [-0.25, -0.2) is 9.97 Å². The Labute approximate surface area is 162 Å². The molecule has 2 aromatic carbocycles. The van der Waals surface area contributed by atoms with Gasteiger partial charge in [0, 0.05) is 17.8 Å². The predicted molar refractivity (Wildman–Crippen MR) is 107 cm³/mol. The van der Waals surface area contributed by atoms with Crippen LogP contribution in [-0.2, 0) is 11.2 Å². The molecule has 6 heteroatoms. The van der Waals surface area contributed by atoms with Gasteiger partial charge in [0.05, 0.1) is 18.6 Å². The van der Waals surface area contributed by atoms with Gasteiger partial charge in [0.25, 0.3) is 0 Å². The van der Waals surface area contributed by atoms with Gasteiger partial charge in [0.1, 0.15) is 17.1 Å². The van der Waals surface area contributed by atoms with Crippen molar-refractivity contribution in [1.82, 2.24) is 9.97 Å². The van der Waals surface area contributed by atoms with E-state index in [9.17, 15) is 4.79 Å². The molecule has 5 nitrogen and oxygen atoms in total. The Balaban J connectivity index is 1.44. The lowest BCUT2D eigenvalue weighted by Gasteiger charge is -2.16. The minimum Gasteiger partial charge on any atom is -0.497 e. The summed E-state index contributed by atoms with van der Waals surface area (Å²) in [5.41, 5.74) is 4.08. The number of ether oxygens (including phenoxy) is 1. The molecule has 136 valence electrons. The first kappa shape index (κ1) is 17.5. The third-order valence-electron chi connectivity index (χ3n) is 4.56. The number of benzene rings is 2. The number of methoxy groups -OCH3 is 1. The Kier molecular flexibility index (Phi) is 5.07. The third kappa shape index (κ3) is 3.80. The molecular weight excluding hydrogens is 358 g/mol. The number of hydrogen-bond acceptors (Lipinski definition) is 5. The Bertz CT molecular complexity index is 960. The van der Waals surface area contributed by atoms with Crippen LogP contribution >= 0.6 is 11.8 Å². The molecule has 0 saturated carbocycles. The van der Waals surface area contributed by atoms with Crippen molar-refractivity contribution in [3.8, 4) is 17.0 Å². The lowest BCUT2D eigenvalue weighted by atomic mass is 10.1. The number of fused-ring (bicyclic) bond motifs is 1. The molecule has 1 aromatic heterocycles. The molecule has 4 rings (SSSR count). The fourth-order valence-electron chi connectivity index (χ4n) is 3.15. The Hall–Kier alpha value is -2.86. The quantitative estimate of drug-likeness (QED) is 0.500. The van der Waals surface area contributed by atoms with Crippen LogP contribution in [0.5, 0.6) is 5.75 Å². The summed E-state index contributed by atoms with van der Waals surface area (Å²) in [6, 6.07) is 17.7. The van der Waals surface area contributed by atoms with Crippen molar-refractivity contribution < 1.29 is 9.53 Å². The first-order valence-corrected chi connectivity index (χ1v) is 9.71. The van der Waals surface area contributed by atoms with E-state index in [1.165, 1.54) is 23.7 Å². The highest BCUT2D eigenvalue weighted by Crippen LogP contribution is 2.29. The molecular formula is C21H19N3O2S. The molecule has 0 atom stereocenters. The molecule has 0 N–H and O–H groups in total. The SMILES string of the molecule is COc1ccc(-c2cc(SCC(=O)N3CCc4ccccc43)ncn2)cc1. The Morgan fingerprint density at radius 3 is 2.78 bits per heavy atom. The molecule has 0 saturated heterocycles. The van der Waals surface area contributed by atoms with Gasteiger partial charge in [0.15, 0.2) is 0 Å². The van der Waals surface area contributed by atoms with E-state index < -0.39 is 0 Å². The third-order valence-corrected chi connectivity index (χ3v) is 5.47. The van der Waals surface area contributed by atoms with Gasteiger partial charge >= 0.3 is 0 Å². The van der Waals surface area contributed by atoms with Gasteiger partial charge in [-0.05, 0) is 48.4 Å². The molecule has 1 aliphatic heterocycles. The highest BCUT2D eigenvalue weighted by Gasteiger charge is 2.24. The maximum atomic E-state index is 12.7. The van der Waals surface area contributed by atoms with Crippen molar-refractivity contribution in [3.63, 3.8) is 0 Å². The van der Waals surface area contributed by atoms with Gasteiger partial charge in [-0.2, -0.15) is 0 Å². The van der Waals surface area contributed by atoms with Crippen LogP contribution in [0.1, 0.15) is 5.56 Å². The second-order valence-electron chi connectivity index (χ2n) is 6.18. The van der Waals surface area contributed by atoms with Crippen LogP contribution in [0.25, 0.3) is 11.3 Å². The zero-order chi connectivity index (χ0) is 18.6. The number of carbonyl (C=O) groups is 1. The lowest BCUT2D eigenvalue weighted by Crippen LogP contribution is -2.30. The molecule has 2 heterocycles. The summed E-state index contributed by atoms with van der Waals surface area (Å²) in [5, 5.41) is 0.789. The number of amides is 1. The smallest absolute Gasteiger partial charge is 0.237 e. The molecule has 3 aromatic rings. The van der Waals surface area contributed by atoms with E-state index in [2.05, 4.69) is 16.0 Å². The van der Waals surface area contributed by atoms with E-state index in [0.29, 0.717) is 5.75 Å². The van der Waals surface area contributed by atoms with Crippen molar-refractivity contribution in [2.24, 2.45) is 0 Å². The first-order chi connectivity index (χ1) is 13.2. The summed E-state index contributed by atoms with van der Waals surface area (Å²) in [4.78, 5) is 23.2. The molecule has 1 aliphatic rings. The molecule has 0 bridgehead atoms. The number of hydrogen-bond donors (Lipinski definition) is 0. The monoisotopic (exact) mass is 377 g/mol. The lowest BCUT2D eigenvalue weighted by molar-refractivity contribution is -0.116. The van der Waals surface area contributed by atoms with Crippen molar-refractivity contribution in [3.05, 3.63) is 66.5 Å². The van der Waals surface area contributed by atoms with E-state index in [-0.39, 0.29) is 5.91 Å². The number of aromatic nitrogens is 2. The van der Waals surface area contributed by atoms with Crippen LogP contribution in [0.2, 0.25) is 0 Å². The number of rotatable bonds is 5. The van der Waals surface area contributed by atoms with E-state index in [4.69, 9.17) is 4.74 Å². The van der Waals surface area contributed by atoms with Crippen LogP contribution in [0, 0.1) is 0 Å². The van der Waals surface area contributed by atoms with Crippen molar-refractivity contribution in [2.45, 2.75) is 11.4 Å². The van der Waals surface area contributed by atoms with Crippen molar-refractivity contribution in [2.75, 3.05) is 24.3 Å². The normalized spacial score (nSPS) is 12.7. The average Bonchev–Trinajstić information content (AvgIpc) is 3.16. The Morgan fingerprint density at radius 1 is 1.15 bits per heavy atom. The molecule has 0 spiro atoms. The maximum Gasteiger partial charge on any atom is 0.237 e. The predicted octanol–water partition coefficient (Wildman–Crippen LogP) is 3.83. The summed E-state index contributed by atoms with van der Waals surface area (Å²) < 4.78 is 5.19. The van der Waals surface area contributed by atoms with Gasteiger partial charge in [0.2, 0.25) is 5.91 Å². The van der Waals surface area contributed by atoms with Gasteiger partial charge in [-0.1, -0.05) is 30.0 Å². The van der Waals surface area contributed by atoms with E-state index >= 15 is 0 Å². The number of nitrogens with zero attached hydrogens (tertiary/aromatic N) is 3. The number of anilines is 1. The largest absolute Gasteiger partial charge is 0.497 e. The van der Waals surface area contributed by atoms with Gasteiger partial charge < -0.3 is 9.64 Å². The number of carbonyl (C=O) groups excluding carboxylic acids is 1. The molecule has 27 heavy (non-hydrogen) atoms. The van der Waals surface area contributed by atoms with Gasteiger partial charge in [-0.3, -0.25) is 4.79 Å². The molecule has 0 aliphatic carbocycles. The molecule has 1 amide bonds.